The maximum atomic E-state index is 8.71. The fourth-order valence-electron chi connectivity index (χ4n) is 2.07. The zero-order chi connectivity index (χ0) is 13.9. The fourth-order valence-corrected chi connectivity index (χ4v) is 2.80. The number of hydrogen-bond donors (Lipinski definition) is 0. The van der Waals surface area contributed by atoms with Crippen molar-refractivity contribution in [3.05, 3.63) is 52.6 Å². The van der Waals surface area contributed by atoms with Crippen molar-refractivity contribution in [3.8, 4) is 23.0 Å². The molecular formula is C15H12N4S. The summed E-state index contributed by atoms with van der Waals surface area (Å²) in [5.41, 5.74) is 3.97. The lowest BCUT2D eigenvalue weighted by Crippen LogP contribution is -1.98. The first-order valence-corrected chi connectivity index (χ1v) is 7.09. The number of thiazole rings is 1. The van der Waals surface area contributed by atoms with E-state index in [9.17, 15) is 0 Å². The van der Waals surface area contributed by atoms with Crippen molar-refractivity contribution in [2.75, 3.05) is 0 Å². The van der Waals surface area contributed by atoms with Crippen LogP contribution in [0.25, 0.3) is 16.9 Å². The summed E-state index contributed by atoms with van der Waals surface area (Å²) in [7, 11) is 0. The predicted molar refractivity (Wildman–Crippen MR) is 78.7 cm³/mol. The average Bonchev–Trinajstić information content (AvgIpc) is 3.07. The molecule has 3 rings (SSSR count). The molecule has 0 bridgehead atoms. The topological polar surface area (TPSA) is 54.5 Å². The number of nitrogens with zero attached hydrogens (tertiary/aromatic N) is 4. The molecule has 0 saturated carbocycles. The maximum Gasteiger partial charge on any atom is 0.107 e. The number of nitriles is 1. The molecule has 0 unspecified atom stereocenters. The van der Waals surface area contributed by atoms with E-state index in [0.717, 1.165) is 27.6 Å². The van der Waals surface area contributed by atoms with Gasteiger partial charge in [-0.25, -0.2) is 9.67 Å². The summed E-state index contributed by atoms with van der Waals surface area (Å²) in [6, 6.07) is 12.1. The van der Waals surface area contributed by atoms with Gasteiger partial charge in [0.2, 0.25) is 0 Å². The van der Waals surface area contributed by atoms with Gasteiger partial charge in [-0.2, -0.15) is 10.4 Å². The van der Waals surface area contributed by atoms with E-state index in [1.54, 1.807) is 0 Å². The van der Waals surface area contributed by atoms with Crippen LogP contribution in [0.1, 0.15) is 10.7 Å². The summed E-state index contributed by atoms with van der Waals surface area (Å²) in [6.07, 6.45) is 2.18. The molecule has 5 heteroatoms. The van der Waals surface area contributed by atoms with Gasteiger partial charge in [0.1, 0.15) is 5.01 Å². The van der Waals surface area contributed by atoms with E-state index >= 15 is 0 Å². The molecule has 4 nitrogen and oxygen atoms in total. The van der Waals surface area contributed by atoms with Crippen molar-refractivity contribution >= 4 is 11.3 Å². The normalized spacial score (nSPS) is 10.4. The zero-order valence-corrected chi connectivity index (χ0v) is 11.8. The lowest BCUT2D eigenvalue weighted by molar-refractivity contribution is 0.847. The van der Waals surface area contributed by atoms with Crippen molar-refractivity contribution in [1.82, 2.24) is 14.8 Å². The second kappa shape index (κ2) is 5.27. The molecule has 3 aromatic rings. The Morgan fingerprint density at radius 1 is 1.30 bits per heavy atom. The first-order valence-electron chi connectivity index (χ1n) is 6.21. The Labute approximate surface area is 121 Å². The Balaban J connectivity index is 2.00. The van der Waals surface area contributed by atoms with Gasteiger partial charge in [0, 0.05) is 10.9 Å². The van der Waals surface area contributed by atoms with Gasteiger partial charge in [0.25, 0.3) is 0 Å². The van der Waals surface area contributed by atoms with Crippen LogP contribution in [0.2, 0.25) is 0 Å². The van der Waals surface area contributed by atoms with Gasteiger partial charge in [-0.05, 0) is 19.1 Å². The Morgan fingerprint density at radius 2 is 2.10 bits per heavy atom. The molecule has 0 aliphatic heterocycles. The van der Waals surface area contributed by atoms with Gasteiger partial charge in [0.15, 0.2) is 0 Å². The molecule has 0 saturated heterocycles. The predicted octanol–water partition coefficient (Wildman–Crippen LogP) is 3.37. The van der Waals surface area contributed by atoms with Crippen molar-refractivity contribution in [3.63, 3.8) is 0 Å². The minimum Gasteiger partial charge on any atom is -0.240 e. The number of benzene rings is 1. The summed E-state index contributed by atoms with van der Waals surface area (Å²) in [6.45, 7) is 2.03. The van der Waals surface area contributed by atoms with Crippen molar-refractivity contribution in [2.45, 2.75) is 13.3 Å². The lowest BCUT2D eigenvalue weighted by atomic mass is 10.2. The monoisotopic (exact) mass is 280 g/mol. The van der Waals surface area contributed by atoms with E-state index in [1.165, 1.54) is 11.3 Å². The minimum absolute atomic E-state index is 0.358. The van der Waals surface area contributed by atoms with Crippen LogP contribution in [0, 0.1) is 18.3 Å². The molecule has 0 radical (unpaired) electrons. The summed E-state index contributed by atoms with van der Waals surface area (Å²) in [5, 5.41) is 16.0. The molecule has 20 heavy (non-hydrogen) atoms. The third-order valence-corrected chi connectivity index (χ3v) is 3.92. The minimum atomic E-state index is 0.358. The van der Waals surface area contributed by atoms with Crippen LogP contribution >= 0.6 is 11.3 Å². The zero-order valence-electron chi connectivity index (χ0n) is 10.9. The number of para-hydroxylation sites is 1. The first-order chi connectivity index (χ1) is 9.79. The number of hydrogen-bond acceptors (Lipinski definition) is 4. The molecule has 2 aromatic heterocycles. The van der Waals surface area contributed by atoms with Crippen LogP contribution < -0.4 is 0 Å². The van der Waals surface area contributed by atoms with Crippen LogP contribution in [0.3, 0.4) is 0 Å². The van der Waals surface area contributed by atoms with E-state index in [2.05, 4.69) is 16.2 Å². The van der Waals surface area contributed by atoms with Crippen LogP contribution in [0.5, 0.6) is 0 Å². The second-order valence-electron chi connectivity index (χ2n) is 4.35. The van der Waals surface area contributed by atoms with Gasteiger partial charge < -0.3 is 0 Å². The summed E-state index contributed by atoms with van der Waals surface area (Å²) in [4.78, 5) is 4.48. The van der Waals surface area contributed by atoms with Crippen molar-refractivity contribution < 1.29 is 0 Å². The maximum absolute atomic E-state index is 8.71. The van der Waals surface area contributed by atoms with E-state index in [1.807, 2.05) is 53.5 Å². The highest BCUT2D eigenvalue weighted by atomic mass is 32.1. The molecule has 0 N–H and O–H groups in total. The van der Waals surface area contributed by atoms with Crippen LogP contribution in [0.4, 0.5) is 0 Å². The number of rotatable bonds is 3. The fraction of sp³-hybridized carbons (Fsp3) is 0.133. The molecule has 0 aliphatic rings. The van der Waals surface area contributed by atoms with Crippen molar-refractivity contribution in [1.29, 1.82) is 5.26 Å². The third-order valence-electron chi connectivity index (χ3n) is 3.07. The van der Waals surface area contributed by atoms with Crippen LogP contribution in [0.15, 0.2) is 41.9 Å². The quantitative estimate of drug-likeness (QED) is 0.739. The smallest absolute Gasteiger partial charge is 0.107 e. The average molecular weight is 280 g/mol. The summed E-state index contributed by atoms with van der Waals surface area (Å²) >= 11 is 1.51. The second-order valence-corrected chi connectivity index (χ2v) is 5.30. The highest BCUT2D eigenvalue weighted by molar-refractivity contribution is 7.10. The Hall–Kier alpha value is -2.45. The molecule has 0 aliphatic carbocycles. The highest BCUT2D eigenvalue weighted by Crippen LogP contribution is 2.26. The lowest BCUT2D eigenvalue weighted by Gasteiger charge is -2.04. The van der Waals surface area contributed by atoms with Gasteiger partial charge in [-0.1, -0.05) is 18.2 Å². The van der Waals surface area contributed by atoms with Gasteiger partial charge in [-0.15, -0.1) is 11.3 Å². The van der Waals surface area contributed by atoms with E-state index in [-0.39, 0.29) is 0 Å². The molecule has 0 amide bonds. The molecule has 0 spiro atoms. The van der Waals surface area contributed by atoms with Crippen LogP contribution in [-0.4, -0.2) is 14.8 Å². The third kappa shape index (κ3) is 2.22. The van der Waals surface area contributed by atoms with Gasteiger partial charge >= 0.3 is 0 Å². The molecule has 2 heterocycles. The standard InChI is InChI=1S/C15H12N4S/c1-11-13(14-10-20-15(18-14)7-8-16)9-17-19(11)12-5-3-2-4-6-12/h2-6,9-10H,7H2,1H3. The molecule has 1 aromatic carbocycles. The Bertz CT molecular complexity index is 765. The Morgan fingerprint density at radius 3 is 2.85 bits per heavy atom. The van der Waals surface area contributed by atoms with E-state index in [0.29, 0.717) is 6.42 Å². The first kappa shape index (κ1) is 12.6. The highest BCUT2D eigenvalue weighted by Gasteiger charge is 2.12. The van der Waals surface area contributed by atoms with Crippen LogP contribution in [-0.2, 0) is 6.42 Å². The van der Waals surface area contributed by atoms with E-state index < -0.39 is 0 Å². The molecule has 98 valence electrons. The summed E-state index contributed by atoms with van der Waals surface area (Å²) < 4.78 is 1.90. The molecule has 0 atom stereocenters. The molecule has 0 fully saturated rings. The molecular weight excluding hydrogens is 268 g/mol. The summed E-state index contributed by atoms with van der Waals surface area (Å²) in [5.74, 6) is 0. The van der Waals surface area contributed by atoms with Gasteiger partial charge in [-0.3, -0.25) is 0 Å². The number of aromatic nitrogens is 3. The van der Waals surface area contributed by atoms with E-state index in [4.69, 9.17) is 5.26 Å². The van der Waals surface area contributed by atoms with Gasteiger partial charge in [0.05, 0.1) is 35.8 Å². The largest absolute Gasteiger partial charge is 0.240 e. The van der Waals surface area contributed by atoms with Crippen molar-refractivity contribution in [2.24, 2.45) is 0 Å². The SMILES string of the molecule is Cc1c(-c2csc(CC#N)n2)cnn1-c1ccccc1. The Kier molecular flexibility index (Phi) is 3.32.